The van der Waals surface area contributed by atoms with E-state index in [1.165, 1.54) is 0 Å². The van der Waals surface area contributed by atoms with Crippen LogP contribution in [0.5, 0.6) is 0 Å². The van der Waals surface area contributed by atoms with Gasteiger partial charge in [-0.3, -0.25) is 9.67 Å². The molecule has 0 aliphatic rings. The fourth-order valence-electron chi connectivity index (χ4n) is 1.67. The van der Waals surface area contributed by atoms with Gasteiger partial charge in [0.15, 0.2) is 5.65 Å². The molecule has 90 valence electrons. The first-order chi connectivity index (χ1) is 8.85. The maximum Gasteiger partial charge on any atom is 0.180 e. The third-order valence-corrected chi connectivity index (χ3v) is 2.56. The minimum Gasteiger partial charge on any atom is -0.338 e. The Bertz CT molecular complexity index is 675. The molecule has 0 aromatic carbocycles. The van der Waals surface area contributed by atoms with E-state index < -0.39 is 0 Å². The van der Waals surface area contributed by atoms with Crippen molar-refractivity contribution in [3.8, 4) is 0 Å². The Labute approximate surface area is 104 Å². The first kappa shape index (κ1) is 10.6. The van der Waals surface area contributed by atoms with E-state index in [1.807, 2.05) is 29.9 Å². The molecule has 3 heterocycles. The van der Waals surface area contributed by atoms with Crippen LogP contribution in [-0.4, -0.2) is 24.7 Å². The summed E-state index contributed by atoms with van der Waals surface area (Å²) in [6.45, 7) is 2.89. The van der Waals surface area contributed by atoms with Gasteiger partial charge in [0.05, 0.1) is 11.9 Å². The summed E-state index contributed by atoms with van der Waals surface area (Å²) in [6.07, 6.45) is 6.99. The van der Waals surface area contributed by atoms with E-state index in [1.54, 1.807) is 18.6 Å². The van der Waals surface area contributed by atoms with E-state index in [9.17, 15) is 0 Å². The van der Waals surface area contributed by atoms with Crippen molar-refractivity contribution in [2.24, 2.45) is 0 Å². The summed E-state index contributed by atoms with van der Waals surface area (Å²) >= 11 is 0. The maximum atomic E-state index is 4.38. The smallest absolute Gasteiger partial charge is 0.180 e. The predicted molar refractivity (Wildman–Crippen MR) is 68.5 cm³/mol. The van der Waals surface area contributed by atoms with Gasteiger partial charge in [-0.15, -0.1) is 0 Å². The maximum absolute atomic E-state index is 4.38. The minimum absolute atomic E-state index is 0.630. The predicted octanol–water partition coefficient (Wildman–Crippen LogP) is 1.98. The Hall–Kier alpha value is -2.50. The van der Waals surface area contributed by atoms with Gasteiger partial charge < -0.3 is 5.32 Å². The van der Waals surface area contributed by atoms with E-state index in [0.717, 1.165) is 23.6 Å². The molecule has 18 heavy (non-hydrogen) atoms. The first-order valence-electron chi connectivity index (χ1n) is 5.72. The van der Waals surface area contributed by atoms with Crippen LogP contribution in [0.3, 0.4) is 0 Å². The Morgan fingerprint density at radius 1 is 1.22 bits per heavy atom. The number of hydrogen-bond donors (Lipinski definition) is 1. The van der Waals surface area contributed by atoms with Crippen LogP contribution in [0.15, 0.2) is 36.9 Å². The molecule has 0 bridgehead atoms. The molecule has 0 saturated carbocycles. The molecule has 6 nitrogen and oxygen atoms in total. The van der Waals surface area contributed by atoms with E-state index >= 15 is 0 Å². The van der Waals surface area contributed by atoms with Gasteiger partial charge in [0, 0.05) is 25.1 Å². The average molecular weight is 240 g/mol. The van der Waals surface area contributed by atoms with E-state index in [4.69, 9.17) is 0 Å². The number of aromatic nitrogens is 5. The lowest BCUT2D eigenvalue weighted by molar-refractivity contribution is 0.660. The fourth-order valence-corrected chi connectivity index (χ4v) is 1.67. The first-order valence-corrected chi connectivity index (χ1v) is 5.72. The highest BCUT2D eigenvalue weighted by molar-refractivity contribution is 5.72. The summed E-state index contributed by atoms with van der Waals surface area (Å²) in [7, 11) is 0. The summed E-state index contributed by atoms with van der Waals surface area (Å²) < 4.78 is 1.85. The highest BCUT2D eigenvalue weighted by Gasteiger charge is 2.02. The molecule has 0 aliphatic carbocycles. The third-order valence-electron chi connectivity index (χ3n) is 2.56. The molecule has 0 radical (unpaired) electrons. The third kappa shape index (κ3) is 2.00. The molecule has 0 unspecified atom stereocenters. The Kier molecular flexibility index (Phi) is 2.60. The van der Waals surface area contributed by atoms with Crippen molar-refractivity contribution in [2.75, 3.05) is 5.32 Å². The van der Waals surface area contributed by atoms with Crippen LogP contribution in [0.25, 0.3) is 11.2 Å². The van der Waals surface area contributed by atoms with E-state index in [0.29, 0.717) is 5.65 Å². The molecule has 3 aromatic rings. The Balaban J connectivity index is 1.90. The van der Waals surface area contributed by atoms with Crippen molar-refractivity contribution in [3.63, 3.8) is 0 Å². The van der Waals surface area contributed by atoms with Crippen LogP contribution < -0.4 is 5.32 Å². The van der Waals surface area contributed by atoms with E-state index in [-0.39, 0.29) is 0 Å². The van der Waals surface area contributed by atoms with Crippen molar-refractivity contribution in [1.82, 2.24) is 24.7 Å². The van der Waals surface area contributed by atoms with Crippen molar-refractivity contribution in [3.05, 3.63) is 36.9 Å². The summed E-state index contributed by atoms with van der Waals surface area (Å²) in [5, 5.41) is 7.38. The molecular formula is C12H12N6. The van der Waals surface area contributed by atoms with Crippen molar-refractivity contribution >= 4 is 22.7 Å². The van der Waals surface area contributed by atoms with Gasteiger partial charge in [-0.05, 0) is 19.1 Å². The van der Waals surface area contributed by atoms with Crippen molar-refractivity contribution < 1.29 is 0 Å². The molecule has 0 amide bonds. The topological polar surface area (TPSA) is 68.5 Å². The number of rotatable bonds is 3. The molecular weight excluding hydrogens is 228 g/mol. The quantitative estimate of drug-likeness (QED) is 0.758. The van der Waals surface area contributed by atoms with Gasteiger partial charge in [-0.2, -0.15) is 5.10 Å². The van der Waals surface area contributed by atoms with Crippen LogP contribution in [-0.2, 0) is 6.54 Å². The molecule has 1 N–H and O–H groups in total. The number of hydrogen-bond acceptors (Lipinski definition) is 5. The summed E-state index contributed by atoms with van der Waals surface area (Å²) in [4.78, 5) is 12.7. The van der Waals surface area contributed by atoms with Crippen LogP contribution in [0.4, 0.5) is 11.5 Å². The molecule has 0 aliphatic heterocycles. The highest BCUT2D eigenvalue weighted by Crippen LogP contribution is 2.15. The van der Waals surface area contributed by atoms with Crippen LogP contribution in [0.2, 0.25) is 0 Å². The molecule has 3 rings (SSSR count). The van der Waals surface area contributed by atoms with Crippen LogP contribution >= 0.6 is 0 Å². The lowest BCUT2D eigenvalue weighted by Gasteiger charge is -2.02. The molecule has 6 heteroatoms. The van der Waals surface area contributed by atoms with Gasteiger partial charge in [0.25, 0.3) is 0 Å². The highest BCUT2D eigenvalue weighted by atomic mass is 15.3. The van der Waals surface area contributed by atoms with Crippen molar-refractivity contribution in [1.29, 1.82) is 0 Å². The lowest BCUT2D eigenvalue weighted by Crippen LogP contribution is -1.95. The normalized spacial score (nSPS) is 10.7. The van der Waals surface area contributed by atoms with Crippen LogP contribution in [0, 0.1) is 0 Å². The minimum atomic E-state index is 0.630. The number of pyridine rings is 1. The second kappa shape index (κ2) is 4.40. The number of nitrogens with one attached hydrogen (secondary N) is 1. The molecule has 0 saturated heterocycles. The van der Waals surface area contributed by atoms with Crippen LogP contribution in [0.1, 0.15) is 6.92 Å². The van der Waals surface area contributed by atoms with Crippen molar-refractivity contribution in [2.45, 2.75) is 13.5 Å². The standard InChI is InChI=1S/C12H12N6/c1-2-18-8-9(7-15-18)16-11-4-3-10-12(17-11)14-6-5-13-10/h3-8H,2H2,1H3,(H,14,16,17). The monoisotopic (exact) mass is 240 g/mol. The Morgan fingerprint density at radius 2 is 2.11 bits per heavy atom. The van der Waals surface area contributed by atoms with Gasteiger partial charge >= 0.3 is 0 Å². The molecule has 3 aromatic heterocycles. The SMILES string of the molecule is CCn1cc(Nc2ccc3nccnc3n2)cn1. The fraction of sp³-hybridized carbons (Fsp3) is 0.167. The van der Waals surface area contributed by atoms with Gasteiger partial charge in [-0.1, -0.05) is 0 Å². The molecule has 0 spiro atoms. The summed E-state index contributed by atoms with van der Waals surface area (Å²) in [5.74, 6) is 0.735. The summed E-state index contributed by atoms with van der Waals surface area (Å²) in [6, 6.07) is 3.77. The second-order valence-corrected chi connectivity index (χ2v) is 3.81. The average Bonchev–Trinajstić information content (AvgIpc) is 2.86. The van der Waals surface area contributed by atoms with E-state index in [2.05, 4.69) is 25.4 Å². The summed E-state index contributed by atoms with van der Waals surface area (Å²) in [5.41, 5.74) is 2.32. The second-order valence-electron chi connectivity index (χ2n) is 3.81. The number of anilines is 2. The molecule has 0 fully saturated rings. The number of nitrogens with zero attached hydrogens (tertiary/aromatic N) is 5. The zero-order chi connectivity index (χ0) is 12.4. The zero-order valence-electron chi connectivity index (χ0n) is 9.91. The zero-order valence-corrected chi connectivity index (χ0v) is 9.91. The molecule has 0 atom stereocenters. The largest absolute Gasteiger partial charge is 0.338 e. The number of aryl methyl sites for hydroxylation is 1. The van der Waals surface area contributed by atoms with Gasteiger partial charge in [-0.25, -0.2) is 9.97 Å². The van der Waals surface area contributed by atoms with Gasteiger partial charge in [0.2, 0.25) is 0 Å². The Morgan fingerprint density at radius 3 is 2.94 bits per heavy atom. The number of fused-ring (bicyclic) bond motifs is 1. The van der Waals surface area contributed by atoms with Gasteiger partial charge in [0.1, 0.15) is 11.3 Å². The lowest BCUT2D eigenvalue weighted by atomic mass is 10.4.